The number of benzene rings is 1. The van der Waals surface area contributed by atoms with Crippen molar-refractivity contribution < 1.29 is 24.1 Å². The molecular weight excluding hydrogens is 274 g/mol. The molecule has 0 bridgehead atoms. The number of furan rings is 1. The third-order valence-corrected chi connectivity index (χ3v) is 3.19. The normalized spacial score (nSPS) is 12.7. The van der Waals surface area contributed by atoms with E-state index in [0.29, 0.717) is 22.7 Å². The molecule has 0 saturated heterocycles. The van der Waals surface area contributed by atoms with Gasteiger partial charge in [-0.1, -0.05) is 0 Å². The highest BCUT2D eigenvalue weighted by Crippen LogP contribution is 2.35. The van der Waals surface area contributed by atoms with Crippen LogP contribution >= 0.6 is 0 Å². The zero-order chi connectivity index (χ0) is 14.8. The Hall–Kier alpha value is -2.31. The monoisotopic (exact) mass is 289 g/mol. The molecule has 0 saturated carbocycles. The van der Waals surface area contributed by atoms with Crippen LogP contribution in [0, 0.1) is 0 Å². The van der Waals surface area contributed by atoms with Gasteiger partial charge in [-0.3, -0.25) is 0 Å². The standard InChI is InChI=1S/C15H15NO5/c1-19-10-2-3-11-13(6-10)16-15-12(4-5-20-15)14(11)21-8-9(18)7-17/h2-6,9,17-18H,7-8H2,1H3/t9-/m1/s1. The van der Waals surface area contributed by atoms with Crippen molar-refractivity contribution in [3.63, 3.8) is 0 Å². The third kappa shape index (κ3) is 2.51. The van der Waals surface area contributed by atoms with Gasteiger partial charge in [0, 0.05) is 11.5 Å². The van der Waals surface area contributed by atoms with E-state index in [1.807, 2.05) is 12.1 Å². The predicted octanol–water partition coefficient (Wildman–Crippen LogP) is 1.72. The SMILES string of the molecule is COc1ccc2c(OC[C@H](O)CO)c3ccoc3nc2c1. The first-order valence-electron chi connectivity index (χ1n) is 6.49. The fourth-order valence-corrected chi connectivity index (χ4v) is 2.13. The fraction of sp³-hybridized carbons (Fsp3) is 0.267. The van der Waals surface area contributed by atoms with Gasteiger partial charge in [0.25, 0.3) is 0 Å². The van der Waals surface area contributed by atoms with Crippen LogP contribution in [0.1, 0.15) is 0 Å². The van der Waals surface area contributed by atoms with E-state index >= 15 is 0 Å². The highest BCUT2D eigenvalue weighted by atomic mass is 16.5. The van der Waals surface area contributed by atoms with E-state index in [-0.39, 0.29) is 13.2 Å². The minimum atomic E-state index is -0.937. The van der Waals surface area contributed by atoms with E-state index in [1.165, 1.54) is 6.26 Å². The Balaban J connectivity index is 2.14. The molecule has 0 fully saturated rings. The molecule has 110 valence electrons. The summed E-state index contributed by atoms with van der Waals surface area (Å²) in [4.78, 5) is 4.42. The Morgan fingerprint density at radius 2 is 2.14 bits per heavy atom. The highest BCUT2D eigenvalue weighted by Gasteiger charge is 2.14. The predicted molar refractivity (Wildman–Crippen MR) is 76.7 cm³/mol. The maximum absolute atomic E-state index is 9.46. The lowest BCUT2D eigenvalue weighted by Crippen LogP contribution is -2.21. The number of aliphatic hydroxyl groups is 2. The van der Waals surface area contributed by atoms with Crippen molar-refractivity contribution in [2.24, 2.45) is 0 Å². The summed E-state index contributed by atoms with van der Waals surface area (Å²) in [5.74, 6) is 1.25. The largest absolute Gasteiger partial charge is 0.497 e. The van der Waals surface area contributed by atoms with Crippen molar-refractivity contribution in [1.29, 1.82) is 0 Å². The lowest BCUT2D eigenvalue weighted by atomic mass is 10.1. The molecule has 1 atom stereocenters. The molecule has 0 radical (unpaired) electrons. The number of methoxy groups -OCH3 is 1. The van der Waals surface area contributed by atoms with E-state index < -0.39 is 6.10 Å². The molecule has 6 nitrogen and oxygen atoms in total. The Bertz CT molecular complexity index is 767. The molecule has 3 aromatic rings. The van der Waals surface area contributed by atoms with Gasteiger partial charge >= 0.3 is 0 Å². The molecule has 0 aliphatic carbocycles. The van der Waals surface area contributed by atoms with Crippen LogP contribution in [0.25, 0.3) is 22.0 Å². The van der Waals surface area contributed by atoms with Crippen molar-refractivity contribution in [3.05, 3.63) is 30.5 Å². The van der Waals surface area contributed by atoms with Gasteiger partial charge < -0.3 is 24.1 Å². The number of rotatable bonds is 5. The number of ether oxygens (including phenoxy) is 2. The highest BCUT2D eigenvalue weighted by molar-refractivity contribution is 5.99. The van der Waals surface area contributed by atoms with E-state index in [9.17, 15) is 5.11 Å². The van der Waals surface area contributed by atoms with Gasteiger partial charge in [0.2, 0.25) is 5.71 Å². The second-order valence-electron chi connectivity index (χ2n) is 4.61. The molecule has 0 amide bonds. The molecule has 2 heterocycles. The summed E-state index contributed by atoms with van der Waals surface area (Å²) in [6.07, 6.45) is 0.594. The van der Waals surface area contributed by atoms with Crippen LogP contribution < -0.4 is 9.47 Å². The Morgan fingerprint density at radius 1 is 1.29 bits per heavy atom. The number of pyridine rings is 1. The summed E-state index contributed by atoms with van der Waals surface area (Å²) in [5, 5.41) is 19.9. The van der Waals surface area contributed by atoms with Crippen molar-refractivity contribution in [2.45, 2.75) is 6.10 Å². The molecule has 0 spiro atoms. The average molecular weight is 289 g/mol. The molecule has 3 rings (SSSR count). The van der Waals surface area contributed by atoms with Gasteiger partial charge in [0.1, 0.15) is 24.2 Å². The average Bonchev–Trinajstić information content (AvgIpc) is 2.98. The van der Waals surface area contributed by atoms with Gasteiger partial charge in [-0.25, -0.2) is 4.98 Å². The first kappa shape index (κ1) is 13.7. The minimum Gasteiger partial charge on any atom is -0.497 e. The van der Waals surface area contributed by atoms with E-state index in [1.54, 1.807) is 19.2 Å². The summed E-state index contributed by atoms with van der Waals surface area (Å²) < 4.78 is 16.2. The molecule has 6 heteroatoms. The second-order valence-corrected chi connectivity index (χ2v) is 4.61. The quantitative estimate of drug-likeness (QED) is 0.744. The maximum atomic E-state index is 9.46. The van der Waals surface area contributed by atoms with E-state index in [4.69, 9.17) is 19.0 Å². The second kappa shape index (κ2) is 5.59. The molecular formula is C15H15NO5. The van der Waals surface area contributed by atoms with E-state index in [0.717, 1.165) is 10.8 Å². The summed E-state index contributed by atoms with van der Waals surface area (Å²) in [5.41, 5.74) is 1.12. The Morgan fingerprint density at radius 3 is 2.90 bits per heavy atom. The van der Waals surface area contributed by atoms with E-state index in [2.05, 4.69) is 4.98 Å². The smallest absolute Gasteiger partial charge is 0.230 e. The van der Waals surface area contributed by atoms with Gasteiger partial charge in [-0.15, -0.1) is 0 Å². The van der Waals surface area contributed by atoms with Crippen molar-refractivity contribution in [3.8, 4) is 11.5 Å². The van der Waals surface area contributed by atoms with Crippen LogP contribution in [0.2, 0.25) is 0 Å². The van der Waals surface area contributed by atoms with Crippen molar-refractivity contribution >= 4 is 22.0 Å². The van der Waals surface area contributed by atoms with Gasteiger partial charge in [0.05, 0.1) is 30.9 Å². The first-order chi connectivity index (χ1) is 10.2. The van der Waals surface area contributed by atoms with Crippen LogP contribution in [0.15, 0.2) is 34.9 Å². The van der Waals surface area contributed by atoms with Crippen molar-refractivity contribution in [2.75, 3.05) is 20.3 Å². The summed E-state index contributed by atoms with van der Waals surface area (Å²) in [6.45, 7) is -0.368. The van der Waals surface area contributed by atoms with Crippen LogP contribution in [0.3, 0.4) is 0 Å². The zero-order valence-electron chi connectivity index (χ0n) is 11.4. The molecule has 0 aliphatic heterocycles. The topological polar surface area (TPSA) is 85.0 Å². The molecule has 0 aliphatic rings. The molecule has 21 heavy (non-hydrogen) atoms. The molecule has 2 N–H and O–H groups in total. The van der Waals surface area contributed by atoms with Crippen LogP contribution in [0.5, 0.6) is 11.5 Å². The molecule has 0 unspecified atom stereocenters. The number of aliphatic hydroxyl groups excluding tert-OH is 2. The van der Waals surface area contributed by atoms with Crippen LogP contribution in [-0.2, 0) is 0 Å². The number of hydrogen-bond acceptors (Lipinski definition) is 6. The summed E-state index contributed by atoms with van der Waals surface area (Å²) >= 11 is 0. The van der Waals surface area contributed by atoms with Crippen LogP contribution in [-0.4, -0.2) is 41.6 Å². The lowest BCUT2D eigenvalue weighted by Gasteiger charge is -2.13. The van der Waals surface area contributed by atoms with Gasteiger partial charge in [0.15, 0.2) is 0 Å². The number of fused-ring (bicyclic) bond motifs is 2. The number of nitrogens with zero attached hydrogens (tertiary/aromatic N) is 1. The maximum Gasteiger partial charge on any atom is 0.230 e. The summed E-state index contributed by atoms with van der Waals surface area (Å²) in [6, 6.07) is 7.19. The van der Waals surface area contributed by atoms with Crippen molar-refractivity contribution in [1.82, 2.24) is 4.98 Å². The number of hydrogen-bond donors (Lipinski definition) is 2. The third-order valence-electron chi connectivity index (χ3n) is 3.19. The number of aromatic nitrogens is 1. The zero-order valence-corrected chi connectivity index (χ0v) is 11.4. The minimum absolute atomic E-state index is 0.0120. The Labute approximate surface area is 120 Å². The van der Waals surface area contributed by atoms with Gasteiger partial charge in [-0.05, 0) is 18.2 Å². The van der Waals surface area contributed by atoms with Gasteiger partial charge in [-0.2, -0.15) is 0 Å². The Kier molecular flexibility index (Phi) is 3.64. The first-order valence-corrected chi connectivity index (χ1v) is 6.49. The summed E-state index contributed by atoms with van der Waals surface area (Å²) in [7, 11) is 1.58. The fourth-order valence-electron chi connectivity index (χ4n) is 2.13. The van der Waals surface area contributed by atoms with Crippen LogP contribution in [0.4, 0.5) is 0 Å². The molecule has 2 aromatic heterocycles. The lowest BCUT2D eigenvalue weighted by molar-refractivity contribution is 0.0545. The molecule has 1 aromatic carbocycles.